The third kappa shape index (κ3) is 5.13. The van der Waals surface area contributed by atoms with Crippen molar-refractivity contribution in [3.63, 3.8) is 0 Å². The second-order valence-corrected chi connectivity index (χ2v) is 13.8. The molecule has 0 N–H and O–H groups in total. The molecule has 0 bridgehead atoms. The van der Waals surface area contributed by atoms with E-state index in [-0.39, 0.29) is 0 Å². The largest absolute Gasteiger partial charge is 0.246 e. The van der Waals surface area contributed by atoms with E-state index in [2.05, 4.69) is 188 Å². The highest BCUT2D eigenvalue weighted by Crippen LogP contribution is 2.43. The Morgan fingerprint density at radius 2 is 0.923 bits per heavy atom. The summed E-state index contributed by atoms with van der Waals surface area (Å²) in [5.41, 5.74) is 14.6. The number of benzene rings is 8. The summed E-state index contributed by atoms with van der Waals surface area (Å²) in [5, 5.41) is 7.10. The fraction of sp³-hybridized carbons (Fsp3) is 0.0392. The van der Waals surface area contributed by atoms with E-state index in [1.165, 1.54) is 88.0 Å². The number of pyridine rings is 1. The number of fused-ring (bicyclic) bond motifs is 6. The van der Waals surface area contributed by atoms with Gasteiger partial charge in [-0.05, 0) is 85.8 Å². The van der Waals surface area contributed by atoms with Crippen LogP contribution in [0.1, 0.15) is 18.4 Å². The molecule has 1 heteroatoms. The van der Waals surface area contributed by atoms with Crippen molar-refractivity contribution in [2.24, 2.45) is 0 Å². The smallest absolute Gasteiger partial charge is 0.0794 e. The molecule has 10 rings (SSSR count). The molecule has 1 aliphatic carbocycles. The zero-order chi connectivity index (χ0) is 34.4. The molecule has 1 aromatic heterocycles. The first kappa shape index (κ1) is 30.3. The van der Waals surface area contributed by atoms with Crippen molar-refractivity contribution in [2.75, 3.05) is 0 Å². The SMILES string of the molecule is C1=CCCC(c2cccc(-c3ccccc3)c2-c2cccc(-c3cccc(-c4c5ccc6ccccc6c5nc5c4ccc4ccccc45)c3)c2)=C1. The van der Waals surface area contributed by atoms with E-state index >= 15 is 0 Å². The first-order valence-electron chi connectivity index (χ1n) is 18.2. The average molecular weight is 662 g/mol. The zero-order valence-electron chi connectivity index (χ0n) is 28.8. The molecule has 52 heavy (non-hydrogen) atoms. The van der Waals surface area contributed by atoms with Gasteiger partial charge in [0.1, 0.15) is 0 Å². The highest BCUT2D eigenvalue weighted by atomic mass is 14.7. The normalized spacial score (nSPS) is 12.9. The fourth-order valence-electron chi connectivity index (χ4n) is 8.25. The van der Waals surface area contributed by atoms with Crippen LogP contribution in [0.4, 0.5) is 0 Å². The predicted octanol–water partition coefficient (Wildman–Crippen LogP) is 14.1. The van der Waals surface area contributed by atoms with Crippen molar-refractivity contribution >= 4 is 48.9 Å². The first-order valence-corrected chi connectivity index (χ1v) is 18.2. The molecular formula is C51H35N. The van der Waals surface area contributed by atoms with Gasteiger partial charge in [0.25, 0.3) is 0 Å². The van der Waals surface area contributed by atoms with Crippen molar-refractivity contribution in [3.8, 4) is 44.5 Å². The van der Waals surface area contributed by atoms with Gasteiger partial charge in [0.05, 0.1) is 11.0 Å². The van der Waals surface area contributed by atoms with E-state index in [9.17, 15) is 0 Å². The summed E-state index contributed by atoms with van der Waals surface area (Å²) in [6.07, 6.45) is 8.87. The lowest BCUT2D eigenvalue weighted by Gasteiger charge is -2.20. The summed E-state index contributed by atoms with van der Waals surface area (Å²) in [6, 6.07) is 62.0. The number of hydrogen-bond donors (Lipinski definition) is 0. The van der Waals surface area contributed by atoms with Gasteiger partial charge in [0.15, 0.2) is 0 Å². The molecule has 9 aromatic rings. The summed E-state index contributed by atoms with van der Waals surface area (Å²) in [6.45, 7) is 0. The topological polar surface area (TPSA) is 12.9 Å². The third-order valence-electron chi connectivity index (χ3n) is 10.7. The van der Waals surface area contributed by atoms with Crippen molar-refractivity contribution in [2.45, 2.75) is 12.8 Å². The lowest BCUT2D eigenvalue weighted by molar-refractivity contribution is 1.05. The summed E-state index contributed by atoms with van der Waals surface area (Å²) in [5.74, 6) is 0. The van der Waals surface area contributed by atoms with Crippen LogP contribution < -0.4 is 0 Å². The molecule has 0 radical (unpaired) electrons. The predicted molar refractivity (Wildman–Crippen MR) is 222 cm³/mol. The lowest BCUT2D eigenvalue weighted by Crippen LogP contribution is -1.96. The molecule has 0 unspecified atom stereocenters. The molecule has 0 fully saturated rings. The molecular weight excluding hydrogens is 627 g/mol. The molecule has 1 heterocycles. The summed E-state index contributed by atoms with van der Waals surface area (Å²) in [7, 11) is 0. The minimum atomic E-state index is 1.04. The summed E-state index contributed by atoms with van der Waals surface area (Å²) in [4.78, 5) is 5.42. The second kappa shape index (κ2) is 12.6. The van der Waals surface area contributed by atoms with Crippen LogP contribution in [-0.4, -0.2) is 4.98 Å². The van der Waals surface area contributed by atoms with Gasteiger partial charge in [0, 0.05) is 27.1 Å². The van der Waals surface area contributed by atoms with Crippen molar-refractivity contribution in [1.29, 1.82) is 0 Å². The maximum Gasteiger partial charge on any atom is 0.0794 e. The minimum Gasteiger partial charge on any atom is -0.246 e. The maximum absolute atomic E-state index is 5.42. The second-order valence-electron chi connectivity index (χ2n) is 13.8. The molecule has 0 spiro atoms. The van der Waals surface area contributed by atoms with E-state index in [4.69, 9.17) is 4.98 Å². The van der Waals surface area contributed by atoms with Gasteiger partial charge in [-0.1, -0.05) is 176 Å². The minimum absolute atomic E-state index is 1.04. The molecule has 0 saturated heterocycles. The Balaban J connectivity index is 1.18. The molecule has 0 amide bonds. The highest BCUT2D eigenvalue weighted by molar-refractivity contribution is 6.21. The summed E-state index contributed by atoms with van der Waals surface area (Å²) >= 11 is 0. The van der Waals surface area contributed by atoms with Gasteiger partial charge in [-0.25, -0.2) is 4.98 Å². The molecule has 1 nitrogen and oxygen atoms in total. The molecule has 0 atom stereocenters. The summed E-state index contributed by atoms with van der Waals surface area (Å²) < 4.78 is 0. The first-order chi connectivity index (χ1) is 25.8. The lowest BCUT2D eigenvalue weighted by atomic mass is 9.84. The Bertz CT molecular complexity index is 2800. The van der Waals surface area contributed by atoms with Gasteiger partial charge in [-0.15, -0.1) is 0 Å². The fourth-order valence-corrected chi connectivity index (χ4v) is 8.25. The number of aromatic nitrogens is 1. The molecule has 8 aromatic carbocycles. The van der Waals surface area contributed by atoms with Gasteiger partial charge in [-0.3, -0.25) is 0 Å². The maximum atomic E-state index is 5.42. The van der Waals surface area contributed by atoms with E-state index in [1.807, 2.05) is 0 Å². The number of rotatable bonds is 5. The van der Waals surface area contributed by atoms with Crippen LogP contribution in [0.15, 0.2) is 188 Å². The van der Waals surface area contributed by atoms with Crippen LogP contribution >= 0.6 is 0 Å². The van der Waals surface area contributed by atoms with Gasteiger partial charge in [0.2, 0.25) is 0 Å². The van der Waals surface area contributed by atoms with Gasteiger partial charge in [-0.2, -0.15) is 0 Å². The van der Waals surface area contributed by atoms with E-state index in [0.29, 0.717) is 0 Å². The van der Waals surface area contributed by atoms with E-state index < -0.39 is 0 Å². The monoisotopic (exact) mass is 661 g/mol. The van der Waals surface area contributed by atoms with Crippen LogP contribution in [0.5, 0.6) is 0 Å². The molecule has 244 valence electrons. The number of hydrogen-bond acceptors (Lipinski definition) is 1. The Morgan fingerprint density at radius 1 is 0.385 bits per heavy atom. The van der Waals surface area contributed by atoms with E-state index in [1.54, 1.807) is 0 Å². The van der Waals surface area contributed by atoms with Crippen molar-refractivity contribution in [1.82, 2.24) is 4.98 Å². The van der Waals surface area contributed by atoms with Crippen LogP contribution in [0.25, 0.3) is 93.4 Å². The van der Waals surface area contributed by atoms with Gasteiger partial charge >= 0.3 is 0 Å². The number of allylic oxidation sites excluding steroid dienone is 4. The average Bonchev–Trinajstić information content (AvgIpc) is 3.23. The van der Waals surface area contributed by atoms with Crippen LogP contribution in [-0.2, 0) is 0 Å². The van der Waals surface area contributed by atoms with Crippen LogP contribution in [0.2, 0.25) is 0 Å². The van der Waals surface area contributed by atoms with Crippen LogP contribution in [0, 0.1) is 0 Å². The Labute approximate surface area is 303 Å². The molecule has 1 aliphatic rings. The number of nitrogens with zero attached hydrogens (tertiary/aromatic N) is 1. The van der Waals surface area contributed by atoms with E-state index in [0.717, 1.165) is 23.9 Å². The molecule has 0 saturated carbocycles. The third-order valence-corrected chi connectivity index (χ3v) is 10.7. The van der Waals surface area contributed by atoms with Gasteiger partial charge < -0.3 is 0 Å². The highest BCUT2D eigenvalue weighted by Gasteiger charge is 2.18. The Hall–Kier alpha value is -6.57. The molecule has 0 aliphatic heterocycles. The standard InChI is InChI=1S/C51H35N/c1-3-14-34(15-4-1)42-26-13-27-43(35-16-5-2-6-17-35)48(42)40-22-11-20-38(32-40)39-21-12-23-41(33-39)49-46-30-28-36-18-7-9-24-44(36)50(46)52-51-45-25-10-8-19-37(45)29-31-47(49)51/h1-5,7-16,18-33H,6,17H2. The zero-order valence-corrected chi connectivity index (χ0v) is 28.8. The quantitative estimate of drug-likeness (QED) is 0.132. The Kier molecular flexibility index (Phi) is 7.36. The van der Waals surface area contributed by atoms with Crippen molar-refractivity contribution in [3.05, 3.63) is 194 Å². The Morgan fingerprint density at radius 3 is 1.56 bits per heavy atom. The van der Waals surface area contributed by atoms with Crippen LogP contribution in [0.3, 0.4) is 0 Å². The van der Waals surface area contributed by atoms with Crippen molar-refractivity contribution < 1.29 is 0 Å².